The summed E-state index contributed by atoms with van der Waals surface area (Å²) in [5, 5.41) is 0. The van der Waals surface area contributed by atoms with Crippen LogP contribution in [0, 0.1) is 0 Å². The van der Waals surface area contributed by atoms with Gasteiger partial charge in [-0.25, -0.2) is 0 Å². The van der Waals surface area contributed by atoms with E-state index in [2.05, 4.69) is 4.90 Å². The molecule has 8 heteroatoms. The highest BCUT2D eigenvalue weighted by molar-refractivity contribution is 5.38. The van der Waals surface area contributed by atoms with E-state index in [1.807, 2.05) is 0 Å². The number of rotatable bonds is 4. The molecule has 0 aliphatic carbocycles. The van der Waals surface area contributed by atoms with Crippen molar-refractivity contribution in [2.24, 2.45) is 0 Å². The highest BCUT2D eigenvalue weighted by Crippen LogP contribution is 2.29. The monoisotopic (exact) mass is 305 g/mol. The van der Waals surface area contributed by atoms with Crippen molar-refractivity contribution in [2.75, 3.05) is 38.6 Å². The molecule has 0 saturated carbocycles. The first-order valence-electron chi connectivity index (χ1n) is 6.75. The zero-order chi connectivity index (χ0) is 15.5. The number of hydrogen-bond acceptors (Lipinski definition) is 4. The lowest BCUT2D eigenvalue weighted by Gasteiger charge is -2.26. The minimum absolute atomic E-state index is 0.213. The second-order valence-corrected chi connectivity index (χ2v) is 4.99. The number of pyridine rings is 1. The number of nitrogens with zero attached hydrogens (tertiary/aromatic N) is 2. The molecule has 1 aliphatic heterocycles. The molecule has 2 heterocycles. The summed E-state index contributed by atoms with van der Waals surface area (Å²) in [5.74, 6) is 0. The minimum Gasteiger partial charge on any atom is -0.394 e. The Morgan fingerprint density at radius 1 is 1.24 bits per heavy atom. The van der Waals surface area contributed by atoms with Crippen LogP contribution in [0.5, 0.6) is 0 Å². The Balaban J connectivity index is 2.01. The van der Waals surface area contributed by atoms with E-state index in [4.69, 9.17) is 10.5 Å². The van der Waals surface area contributed by atoms with Gasteiger partial charge in [0.05, 0.1) is 24.5 Å². The van der Waals surface area contributed by atoms with E-state index < -0.39 is 17.3 Å². The lowest BCUT2D eigenvalue weighted by Crippen LogP contribution is -2.37. The van der Waals surface area contributed by atoms with Crippen LogP contribution in [-0.2, 0) is 17.5 Å². The first-order valence-corrected chi connectivity index (χ1v) is 6.75. The number of aromatic nitrogens is 1. The highest BCUT2D eigenvalue weighted by Gasteiger charge is 2.31. The molecule has 0 amide bonds. The van der Waals surface area contributed by atoms with E-state index in [0.717, 1.165) is 23.9 Å². The second kappa shape index (κ2) is 6.48. The van der Waals surface area contributed by atoms with Gasteiger partial charge in [-0.1, -0.05) is 0 Å². The predicted octanol–water partition coefficient (Wildman–Crippen LogP) is 1.17. The molecular formula is C13H18F3N3O2. The number of ether oxygens (including phenoxy) is 1. The summed E-state index contributed by atoms with van der Waals surface area (Å²) in [6.07, 6.45) is -3.09. The summed E-state index contributed by atoms with van der Waals surface area (Å²) in [6.45, 7) is 3.86. The van der Waals surface area contributed by atoms with Gasteiger partial charge in [0.15, 0.2) is 0 Å². The fraction of sp³-hybridized carbons (Fsp3) is 0.615. The van der Waals surface area contributed by atoms with E-state index in [1.165, 1.54) is 0 Å². The quantitative estimate of drug-likeness (QED) is 0.907. The van der Waals surface area contributed by atoms with Crippen molar-refractivity contribution in [3.8, 4) is 0 Å². The number of nitrogen functional groups attached to an aromatic ring is 1. The van der Waals surface area contributed by atoms with Gasteiger partial charge in [0, 0.05) is 32.4 Å². The molecule has 5 nitrogen and oxygen atoms in total. The van der Waals surface area contributed by atoms with E-state index in [-0.39, 0.29) is 12.2 Å². The van der Waals surface area contributed by atoms with Crippen LogP contribution in [0.2, 0.25) is 0 Å². The molecule has 2 N–H and O–H groups in total. The molecule has 0 radical (unpaired) electrons. The van der Waals surface area contributed by atoms with Crippen LogP contribution in [0.4, 0.5) is 18.9 Å². The van der Waals surface area contributed by atoms with Gasteiger partial charge in [-0.3, -0.25) is 9.69 Å². The van der Waals surface area contributed by atoms with Crippen molar-refractivity contribution in [2.45, 2.75) is 19.1 Å². The molecule has 1 saturated heterocycles. The van der Waals surface area contributed by atoms with Crippen molar-refractivity contribution >= 4 is 5.69 Å². The molecule has 1 aliphatic rings. The topological polar surface area (TPSA) is 60.5 Å². The highest BCUT2D eigenvalue weighted by atomic mass is 19.4. The molecule has 1 aromatic heterocycles. The van der Waals surface area contributed by atoms with E-state index in [9.17, 15) is 18.0 Å². The van der Waals surface area contributed by atoms with Crippen molar-refractivity contribution in [1.29, 1.82) is 0 Å². The Labute approximate surface area is 120 Å². The predicted molar refractivity (Wildman–Crippen MR) is 72.0 cm³/mol. The van der Waals surface area contributed by atoms with Crippen molar-refractivity contribution in [3.63, 3.8) is 0 Å². The SMILES string of the molecule is Nc1cc(C(F)(F)F)cn(CCCN2CCOCC2)c1=O. The third kappa shape index (κ3) is 4.21. The van der Waals surface area contributed by atoms with Crippen LogP contribution in [0.3, 0.4) is 0 Å². The average molecular weight is 305 g/mol. The summed E-state index contributed by atoms with van der Waals surface area (Å²) in [6, 6.07) is 0.681. The van der Waals surface area contributed by atoms with Crippen LogP contribution in [0.15, 0.2) is 17.1 Å². The average Bonchev–Trinajstić information content (AvgIpc) is 2.43. The van der Waals surface area contributed by atoms with Gasteiger partial charge in [0.2, 0.25) is 0 Å². The summed E-state index contributed by atoms with van der Waals surface area (Å²) < 4.78 is 44.4. The van der Waals surface area contributed by atoms with E-state index >= 15 is 0 Å². The molecule has 0 bridgehead atoms. The Morgan fingerprint density at radius 2 is 1.90 bits per heavy atom. The maximum atomic E-state index is 12.7. The molecular weight excluding hydrogens is 287 g/mol. The first kappa shape index (κ1) is 15.8. The molecule has 0 unspecified atom stereocenters. The Bertz CT molecular complexity index is 536. The van der Waals surface area contributed by atoms with Crippen molar-refractivity contribution in [1.82, 2.24) is 9.47 Å². The third-order valence-electron chi connectivity index (χ3n) is 3.42. The fourth-order valence-corrected chi connectivity index (χ4v) is 2.27. The van der Waals surface area contributed by atoms with Gasteiger partial charge < -0.3 is 15.0 Å². The molecule has 0 aromatic carbocycles. The molecule has 1 aromatic rings. The van der Waals surface area contributed by atoms with Crippen LogP contribution in [-0.4, -0.2) is 42.3 Å². The number of alkyl halides is 3. The lowest BCUT2D eigenvalue weighted by molar-refractivity contribution is -0.138. The van der Waals surface area contributed by atoms with Crippen molar-refractivity contribution < 1.29 is 17.9 Å². The maximum absolute atomic E-state index is 12.7. The summed E-state index contributed by atoms with van der Waals surface area (Å²) in [7, 11) is 0. The first-order chi connectivity index (χ1) is 9.88. The summed E-state index contributed by atoms with van der Waals surface area (Å²) >= 11 is 0. The zero-order valence-electron chi connectivity index (χ0n) is 11.5. The molecule has 2 rings (SSSR count). The van der Waals surface area contributed by atoms with Crippen molar-refractivity contribution in [3.05, 3.63) is 28.2 Å². The Morgan fingerprint density at radius 3 is 2.52 bits per heavy atom. The molecule has 118 valence electrons. The van der Waals surface area contributed by atoms with Crippen LogP contribution in [0.1, 0.15) is 12.0 Å². The van der Waals surface area contributed by atoms with Gasteiger partial charge in [-0.05, 0) is 12.5 Å². The maximum Gasteiger partial charge on any atom is 0.417 e. The zero-order valence-corrected chi connectivity index (χ0v) is 11.5. The standard InChI is InChI=1S/C13H18F3N3O2/c14-13(15,16)10-8-11(17)12(20)19(9-10)3-1-2-18-4-6-21-7-5-18/h8-9H,1-7,17H2. The number of morpholine rings is 1. The molecule has 21 heavy (non-hydrogen) atoms. The van der Waals surface area contributed by atoms with Gasteiger partial charge in [0.1, 0.15) is 0 Å². The fourth-order valence-electron chi connectivity index (χ4n) is 2.27. The van der Waals surface area contributed by atoms with Gasteiger partial charge in [0.25, 0.3) is 5.56 Å². The number of nitrogens with two attached hydrogens (primary N) is 1. The van der Waals surface area contributed by atoms with Crippen LogP contribution < -0.4 is 11.3 Å². The molecule has 0 atom stereocenters. The number of aryl methyl sites for hydroxylation is 1. The molecule has 0 spiro atoms. The Hall–Kier alpha value is -1.54. The number of hydrogen-bond donors (Lipinski definition) is 1. The third-order valence-corrected chi connectivity index (χ3v) is 3.42. The largest absolute Gasteiger partial charge is 0.417 e. The van der Waals surface area contributed by atoms with Gasteiger partial charge >= 0.3 is 6.18 Å². The van der Waals surface area contributed by atoms with Crippen LogP contribution in [0.25, 0.3) is 0 Å². The lowest BCUT2D eigenvalue weighted by atomic mass is 10.2. The van der Waals surface area contributed by atoms with Crippen LogP contribution >= 0.6 is 0 Å². The van der Waals surface area contributed by atoms with E-state index in [1.54, 1.807) is 0 Å². The van der Waals surface area contributed by atoms with Gasteiger partial charge in [-0.2, -0.15) is 13.2 Å². The minimum atomic E-state index is -4.51. The smallest absolute Gasteiger partial charge is 0.394 e. The summed E-state index contributed by atoms with van der Waals surface area (Å²) in [5.41, 5.74) is 3.52. The summed E-state index contributed by atoms with van der Waals surface area (Å²) in [4.78, 5) is 13.9. The second-order valence-electron chi connectivity index (χ2n) is 4.99. The molecule has 1 fully saturated rings. The number of anilines is 1. The van der Waals surface area contributed by atoms with E-state index in [0.29, 0.717) is 32.2 Å². The normalized spacial score (nSPS) is 17.1. The number of halogens is 3. The Kier molecular flexibility index (Phi) is 4.89. The van der Waals surface area contributed by atoms with Gasteiger partial charge in [-0.15, -0.1) is 0 Å².